The van der Waals surface area contributed by atoms with Crippen LogP contribution in [0.3, 0.4) is 0 Å². The molecule has 1 aliphatic rings. The van der Waals surface area contributed by atoms with Gasteiger partial charge in [-0.3, -0.25) is 0 Å². The van der Waals surface area contributed by atoms with E-state index < -0.39 is 0 Å². The third kappa shape index (κ3) is 2.42. The minimum absolute atomic E-state index is 0.236. The molecule has 2 heterocycles. The number of H-pyrrole nitrogens is 1. The summed E-state index contributed by atoms with van der Waals surface area (Å²) in [5.41, 5.74) is 4.77. The number of hydrogen-bond acceptors (Lipinski definition) is 1. The van der Waals surface area contributed by atoms with Crippen LogP contribution < -0.4 is 4.74 Å². The van der Waals surface area contributed by atoms with Gasteiger partial charge in [0.1, 0.15) is 11.4 Å². The summed E-state index contributed by atoms with van der Waals surface area (Å²) in [5, 5.41) is 2.55. The first kappa shape index (κ1) is 14.4. The predicted molar refractivity (Wildman–Crippen MR) is 98.2 cm³/mol. The summed E-state index contributed by atoms with van der Waals surface area (Å²) in [4.78, 5) is 3.58. The lowest BCUT2D eigenvalue weighted by Gasteiger charge is -2.28. The Morgan fingerprint density at radius 3 is 2.78 bits per heavy atom. The first-order chi connectivity index (χ1) is 11.1. The second kappa shape index (κ2) is 5.16. The molecule has 118 valence electrons. The normalized spacial score (nSPS) is 15.8. The number of unbranched alkanes of at least 4 members (excludes halogenated alkanes) is 1. The molecule has 0 aliphatic carbocycles. The molecule has 0 saturated heterocycles. The molecule has 0 amide bonds. The molecule has 0 bridgehead atoms. The number of benzene rings is 2. The van der Waals surface area contributed by atoms with Crippen LogP contribution in [0.25, 0.3) is 27.9 Å². The largest absolute Gasteiger partial charge is 0.483 e. The van der Waals surface area contributed by atoms with Crippen LogP contribution >= 0.6 is 0 Å². The molecule has 2 aromatic carbocycles. The topological polar surface area (TPSA) is 25.0 Å². The second-order valence-electron chi connectivity index (χ2n) is 7.05. The maximum Gasteiger partial charge on any atom is 0.128 e. The smallest absolute Gasteiger partial charge is 0.128 e. The van der Waals surface area contributed by atoms with Crippen LogP contribution in [0.15, 0.2) is 36.4 Å². The lowest BCUT2D eigenvalue weighted by molar-refractivity contribution is 0.159. The van der Waals surface area contributed by atoms with Gasteiger partial charge >= 0.3 is 0 Å². The number of rotatable bonds is 3. The van der Waals surface area contributed by atoms with E-state index in [1.165, 1.54) is 45.8 Å². The van der Waals surface area contributed by atoms with Gasteiger partial charge in [0, 0.05) is 27.4 Å². The lowest BCUT2D eigenvalue weighted by atomic mass is 9.98. The van der Waals surface area contributed by atoms with Crippen molar-refractivity contribution in [2.24, 2.45) is 0 Å². The van der Waals surface area contributed by atoms with Crippen molar-refractivity contribution < 1.29 is 4.74 Å². The van der Waals surface area contributed by atoms with E-state index in [2.05, 4.69) is 68.2 Å². The summed E-state index contributed by atoms with van der Waals surface area (Å²) in [5.74, 6) is 0.973. The van der Waals surface area contributed by atoms with Gasteiger partial charge in [0.25, 0.3) is 0 Å². The first-order valence-electron chi connectivity index (χ1n) is 8.53. The van der Waals surface area contributed by atoms with Crippen molar-refractivity contribution in [1.82, 2.24) is 4.98 Å². The highest BCUT2D eigenvalue weighted by Gasteiger charge is 2.23. The Morgan fingerprint density at radius 1 is 1.09 bits per heavy atom. The van der Waals surface area contributed by atoms with E-state index in [1.807, 2.05) is 0 Å². The monoisotopic (exact) mass is 305 g/mol. The number of nitrogens with one attached hydrogen (secondary N) is 1. The summed E-state index contributed by atoms with van der Waals surface area (Å²) in [7, 11) is 0. The molecular weight excluding hydrogens is 282 g/mol. The third-order valence-corrected chi connectivity index (χ3v) is 4.67. The van der Waals surface area contributed by atoms with Gasteiger partial charge < -0.3 is 9.72 Å². The molecule has 0 fully saturated rings. The van der Waals surface area contributed by atoms with Crippen LogP contribution in [0, 0.1) is 0 Å². The van der Waals surface area contributed by atoms with Crippen LogP contribution in [0.1, 0.15) is 44.7 Å². The van der Waals surface area contributed by atoms with Crippen molar-refractivity contribution >= 4 is 27.9 Å². The summed E-state index contributed by atoms with van der Waals surface area (Å²) in [6, 6.07) is 11.0. The van der Waals surface area contributed by atoms with E-state index >= 15 is 0 Å². The van der Waals surface area contributed by atoms with Crippen molar-refractivity contribution in [3.05, 3.63) is 47.5 Å². The molecule has 2 heteroatoms. The highest BCUT2D eigenvalue weighted by atomic mass is 16.5. The molecule has 4 rings (SSSR count). The minimum Gasteiger partial charge on any atom is -0.483 e. The average molecular weight is 305 g/mol. The number of aryl methyl sites for hydroxylation is 1. The van der Waals surface area contributed by atoms with E-state index in [1.54, 1.807) is 0 Å². The van der Waals surface area contributed by atoms with Crippen molar-refractivity contribution in [2.75, 3.05) is 0 Å². The fourth-order valence-electron chi connectivity index (χ4n) is 3.44. The van der Waals surface area contributed by atoms with E-state index in [0.717, 1.165) is 12.2 Å². The number of ether oxygens (including phenoxy) is 1. The minimum atomic E-state index is -0.236. The Labute approximate surface area is 137 Å². The zero-order chi connectivity index (χ0) is 16.0. The third-order valence-electron chi connectivity index (χ3n) is 4.67. The van der Waals surface area contributed by atoms with Crippen LogP contribution in [0.2, 0.25) is 0 Å². The average Bonchev–Trinajstić information content (AvgIpc) is 2.89. The van der Waals surface area contributed by atoms with Crippen LogP contribution in [0.5, 0.6) is 5.75 Å². The number of hydrogen-bond donors (Lipinski definition) is 1. The Balaban J connectivity index is 1.90. The molecule has 1 aromatic heterocycles. The molecule has 0 saturated carbocycles. The summed E-state index contributed by atoms with van der Waals surface area (Å²) >= 11 is 0. The molecule has 0 radical (unpaired) electrons. The van der Waals surface area contributed by atoms with Crippen molar-refractivity contribution in [2.45, 2.75) is 45.6 Å². The first-order valence-corrected chi connectivity index (χ1v) is 8.53. The Hall–Kier alpha value is -2.22. The molecule has 0 unspecified atom stereocenters. The molecular formula is C21H23NO. The molecule has 0 spiro atoms. The maximum atomic E-state index is 6.12. The Bertz CT molecular complexity index is 914. The van der Waals surface area contributed by atoms with Gasteiger partial charge in [-0.25, -0.2) is 0 Å². The maximum absolute atomic E-state index is 6.12. The van der Waals surface area contributed by atoms with Crippen molar-refractivity contribution in [1.29, 1.82) is 0 Å². The predicted octanol–water partition coefficient (Wildman–Crippen LogP) is 5.85. The summed E-state index contributed by atoms with van der Waals surface area (Å²) < 4.78 is 6.12. The van der Waals surface area contributed by atoms with Gasteiger partial charge in [0.15, 0.2) is 0 Å². The summed E-state index contributed by atoms with van der Waals surface area (Å²) in [6.45, 7) is 6.42. The van der Waals surface area contributed by atoms with Crippen LogP contribution in [-0.2, 0) is 6.42 Å². The van der Waals surface area contributed by atoms with Gasteiger partial charge in [-0.2, -0.15) is 0 Å². The standard InChI is InChI=1S/C21H23NO/c1-4-5-6-14-7-8-15-18(13-14)22-17-9-10-19-16(20(15)17)11-12-21(2,3)23-19/h7-13,22H,4-6H2,1-3H3. The van der Waals surface area contributed by atoms with Crippen molar-refractivity contribution in [3.8, 4) is 5.75 Å². The zero-order valence-electron chi connectivity index (χ0n) is 14.1. The number of fused-ring (bicyclic) bond motifs is 5. The lowest BCUT2D eigenvalue weighted by Crippen LogP contribution is -2.27. The van der Waals surface area contributed by atoms with Crippen LogP contribution in [-0.4, -0.2) is 10.6 Å². The Morgan fingerprint density at radius 2 is 1.96 bits per heavy atom. The molecule has 1 aliphatic heterocycles. The molecule has 23 heavy (non-hydrogen) atoms. The Kier molecular flexibility index (Phi) is 3.22. The second-order valence-corrected chi connectivity index (χ2v) is 7.05. The van der Waals surface area contributed by atoms with Gasteiger partial charge in [0.05, 0.1) is 0 Å². The van der Waals surface area contributed by atoms with E-state index in [4.69, 9.17) is 4.74 Å². The zero-order valence-corrected chi connectivity index (χ0v) is 14.1. The fraction of sp³-hybridized carbons (Fsp3) is 0.333. The van der Waals surface area contributed by atoms with Gasteiger partial charge in [-0.1, -0.05) is 31.6 Å². The molecule has 0 atom stereocenters. The van der Waals surface area contributed by atoms with Gasteiger partial charge in [-0.15, -0.1) is 0 Å². The molecule has 3 aromatic rings. The number of aromatic nitrogens is 1. The molecule has 1 N–H and O–H groups in total. The van der Waals surface area contributed by atoms with Gasteiger partial charge in [-0.05, 0) is 56.5 Å². The SMILES string of the molecule is CCCCc1ccc2c(c1)[nH]c1ccc3c(c12)C=CC(C)(C)O3. The quantitative estimate of drug-likeness (QED) is 0.645. The highest BCUT2D eigenvalue weighted by Crippen LogP contribution is 2.39. The van der Waals surface area contributed by atoms with Crippen molar-refractivity contribution in [3.63, 3.8) is 0 Å². The van der Waals surface area contributed by atoms with Crippen LogP contribution in [0.4, 0.5) is 0 Å². The van der Waals surface area contributed by atoms with E-state index in [0.29, 0.717) is 0 Å². The highest BCUT2D eigenvalue weighted by molar-refractivity contribution is 6.12. The van der Waals surface area contributed by atoms with Gasteiger partial charge in [0.2, 0.25) is 0 Å². The summed E-state index contributed by atoms with van der Waals surface area (Å²) in [6.07, 6.45) is 7.97. The van der Waals surface area contributed by atoms with E-state index in [-0.39, 0.29) is 5.60 Å². The fourth-order valence-corrected chi connectivity index (χ4v) is 3.44. The number of aromatic amines is 1. The van der Waals surface area contributed by atoms with E-state index in [9.17, 15) is 0 Å². The molecule has 2 nitrogen and oxygen atoms in total.